The smallest absolute Gasteiger partial charge is 0.398 e. The van der Waals surface area contributed by atoms with Crippen LogP contribution in [0.3, 0.4) is 0 Å². The van der Waals surface area contributed by atoms with Crippen molar-refractivity contribution in [1.29, 1.82) is 0 Å². The monoisotopic (exact) mass is 310 g/mol. The van der Waals surface area contributed by atoms with Gasteiger partial charge in [0.1, 0.15) is 7.05 Å². The summed E-state index contributed by atoms with van der Waals surface area (Å²) >= 11 is 0. The van der Waals surface area contributed by atoms with E-state index in [1.165, 1.54) is 0 Å². The molecule has 2 heterocycles. The number of hydrogen-bond donors (Lipinski definition) is 2. The van der Waals surface area contributed by atoms with Crippen LogP contribution in [0.25, 0.3) is 10.9 Å². The number of hydrogen-bond acceptors (Lipinski definition) is 4. The van der Waals surface area contributed by atoms with Gasteiger partial charge in [-0.3, -0.25) is 0 Å². The fraction of sp³-hybridized carbons (Fsp3) is 0.235. The van der Waals surface area contributed by atoms with E-state index in [0.717, 1.165) is 33.7 Å². The van der Waals surface area contributed by atoms with Crippen molar-refractivity contribution in [2.75, 3.05) is 11.5 Å². The summed E-state index contributed by atoms with van der Waals surface area (Å²) < 4.78 is 3.93. The van der Waals surface area contributed by atoms with Crippen molar-refractivity contribution >= 4 is 28.2 Å². The summed E-state index contributed by atoms with van der Waals surface area (Å²) in [6, 6.07) is 9.83. The number of nitrogen functional groups attached to an aromatic ring is 2. The zero-order valence-electron chi connectivity index (χ0n) is 14.8. The maximum atomic E-state index is 6.16. The van der Waals surface area contributed by atoms with Crippen molar-refractivity contribution in [1.82, 2.24) is 9.55 Å². The molecule has 6 heteroatoms. The van der Waals surface area contributed by atoms with Gasteiger partial charge >= 0.3 is 1.43 Å². The molecule has 0 fully saturated rings. The summed E-state index contributed by atoms with van der Waals surface area (Å²) in [7, 11) is 3.90. The Morgan fingerprint density at radius 3 is 2.61 bits per heavy atom. The van der Waals surface area contributed by atoms with Crippen molar-refractivity contribution in [2.45, 2.75) is 13.8 Å². The Balaban J connectivity index is 0.00000208. The molecule has 3 aromatic rings. The van der Waals surface area contributed by atoms with Gasteiger partial charge in [-0.25, -0.2) is 4.99 Å². The van der Waals surface area contributed by atoms with Gasteiger partial charge in [0.05, 0.1) is 16.8 Å². The van der Waals surface area contributed by atoms with Crippen LogP contribution in [0.15, 0.2) is 35.3 Å². The maximum absolute atomic E-state index is 6.16. The molecule has 4 N–H and O–H groups in total. The molecule has 0 aliphatic rings. The first kappa shape index (κ1) is 15.0. The highest BCUT2D eigenvalue weighted by Gasteiger charge is 2.12. The predicted molar refractivity (Wildman–Crippen MR) is 93.0 cm³/mol. The first-order valence-electron chi connectivity index (χ1n) is 7.40. The summed E-state index contributed by atoms with van der Waals surface area (Å²) in [5, 5.41) is 0.977. The number of anilines is 2. The van der Waals surface area contributed by atoms with Crippen molar-refractivity contribution in [3.8, 4) is 0 Å². The molecule has 0 unspecified atom stereocenters. The minimum Gasteiger partial charge on any atom is -0.398 e. The van der Waals surface area contributed by atoms with Crippen LogP contribution >= 0.6 is 0 Å². The zero-order valence-corrected chi connectivity index (χ0v) is 13.8. The maximum Gasteiger partial charge on any atom is 1.00 e. The summed E-state index contributed by atoms with van der Waals surface area (Å²) in [6.45, 7) is 4.01. The first-order valence-corrected chi connectivity index (χ1v) is 7.40. The van der Waals surface area contributed by atoms with Gasteiger partial charge in [0.2, 0.25) is 11.5 Å². The van der Waals surface area contributed by atoms with Crippen LogP contribution in [-0.2, 0) is 14.1 Å². The van der Waals surface area contributed by atoms with E-state index in [1.807, 2.05) is 62.8 Å². The van der Waals surface area contributed by atoms with E-state index >= 15 is 0 Å². The van der Waals surface area contributed by atoms with Crippen LogP contribution in [0, 0.1) is 13.8 Å². The van der Waals surface area contributed by atoms with Gasteiger partial charge in [0.15, 0.2) is 11.2 Å². The Morgan fingerprint density at radius 1 is 1.17 bits per heavy atom. The molecule has 0 amide bonds. The summed E-state index contributed by atoms with van der Waals surface area (Å²) in [6.07, 6.45) is 0. The largest absolute Gasteiger partial charge is 1.00 e. The number of nitrogens with two attached hydrogens (primary N) is 2. The van der Waals surface area contributed by atoms with E-state index in [2.05, 4.69) is 14.5 Å². The fourth-order valence-electron chi connectivity index (χ4n) is 2.59. The van der Waals surface area contributed by atoms with E-state index in [1.54, 1.807) is 0 Å². The average molecular weight is 310 g/mol. The van der Waals surface area contributed by atoms with Gasteiger partial charge in [-0.15, -0.1) is 0 Å². The van der Waals surface area contributed by atoms with Crippen LogP contribution in [0.1, 0.15) is 12.8 Å². The highest BCUT2D eigenvalue weighted by Crippen LogP contribution is 2.24. The fourth-order valence-corrected chi connectivity index (χ4v) is 2.59. The molecule has 0 bridgehead atoms. The Kier molecular flexibility index (Phi) is 3.52. The number of benzene rings is 1. The lowest BCUT2D eigenvalue weighted by Crippen LogP contribution is -2.32. The average Bonchev–Trinajstić information content (AvgIpc) is 2.50. The van der Waals surface area contributed by atoms with Crippen LogP contribution in [0.2, 0.25) is 0 Å². The number of pyridine rings is 1. The number of nitrogens with zero attached hydrogens (tertiary/aromatic N) is 4. The van der Waals surface area contributed by atoms with Crippen LogP contribution in [-0.4, -0.2) is 9.55 Å². The topological polar surface area (TPSA) is 86.1 Å². The zero-order chi connectivity index (χ0) is 16.7. The van der Waals surface area contributed by atoms with Crippen LogP contribution < -0.4 is 21.5 Å². The molecule has 0 atom stereocenters. The molecular weight excluding hydrogens is 288 g/mol. The summed E-state index contributed by atoms with van der Waals surface area (Å²) in [5.74, 6) is 0.436. The molecule has 0 aliphatic carbocycles. The molecule has 6 nitrogen and oxygen atoms in total. The number of aromatic nitrogens is 3. The van der Waals surface area contributed by atoms with Gasteiger partial charge in [-0.2, -0.15) is 9.55 Å². The molecule has 23 heavy (non-hydrogen) atoms. The molecule has 0 spiro atoms. The lowest BCUT2D eigenvalue weighted by molar-refractivity contribution is -0.651. The molecule has 0 radical (unpaired) electrons. The Morgan fingerprint density at radius 2 is 1.91 bits per heavy atom. The van der Waals surface area contributed by atoms with Gasteiger partial charge < -0.3 is 16.0 Å². The summed E-state index contributed by atoms with van der Waals surface area (Å²) in [4.78, 5) is 8.88. The number of fused-ring (bicyclic) bond motifs is 1. The molecule has 0 saturated heterocycles. The second kappa shape index (κ2) is 5.39. The Hall–Kier alpha value is -2.89. The van der Waals surface area contributed by atoms with E-state index in [-0.39, 0.29) is 1.43 Å². The standard InChI is InChI=1S/C17H20N6/c1-10-7-14(18)13-9-12(5-6-15(13)22(10)3)20-16-8-11(2)23(4)17(19)21-16/h5-9,18H,1-4H3,(H2,19,20,21)/p+2. The van der Waals surface area contributed by atoms with Crippen LogP contribution in [0.5, 0.6) is 0 Å². The van der Waals surface area contributed by atoms with E-state index < -0.39 is 0 Å². The second-order valence-electron chi connectivity index (χ2n) is 5.79. The lowest BCUT2D eigenvalue weighted by atomic mass is 10.1. The third-order valence-corrected chi connectivity index (χ3v) is 4.23. The molecule has 2 aromatic heterocycles. The third kappa shape index (κ3) is 2.63. The predicted octanol–water partition coefficient (Wildman–Crippen LogP) is 1.52. The Bertz CT molecular complexity index is 964. The molecule has 118 valence electrons. The van der Waals surface area contributed by atoms with Crippen molar-refractivity contribution in [2.24, 2.45) is 19.1 Å². The number of rotatable bonds is 1. The number of aryl methyl sites for hydroxylation is 3. The highest BCUT2D eigenvalue weighted by atomic mass is 15.1. The van der Waals surface area contributed by atoms with Gasteiger partial charge in [-0.1, -0.05) is 0 Å². The van der Waals surface area contributed by atoms with E-state index in [0.29, 0.717) is 11.4 Å². The summed E-state index contributed by atoms with van der Waals surface area (Å²) in [5.41, 5.74) is 17.4. The van der Waals surface area contributed by atoms with Gasteiger partial charge in [0, 0.05) is 37.9 Å². The minimum atomic E-state index is 0. The van der Waals surface area contributed by atoms with Crippen molar-refractivity contribution < 1.29 is 5.99 Å². The van der Waals surface area contributed by atoms with Crippen LogP contribution in [0.4, 0.5) is 17.3 Å². The highest BCUT2D eigenvalue weighted by molar-refractivity contribution is 5.90. The normalized spacial score (nSPS) is 12.1. The van der Waals surface area contributed by atoms with Crippen molar-refractivity contribution in [3.05, 3.63) is 47.2 Å². The second-order valence-corrected chi connectivity index (χ2v) is 5.79. The first-order chi connectivity index (χ1) is 10.9. The minimum absolute atomic E-state index is 0. The van der Waals surface area contributed by atoms with Gasteiger partial charge in [0.25, 0.3) is 0 Å². The quantitative estimate of drug-likeness (QED) is 0.668. The molecular formula is C17H22N6+2. The molecule has 1 aromatic carbocycles. The van der Waals surface area contributed by atoms with E-state index in [9.17, 15) is 0 Å². The third-order valence-electron chi connectivity index (χ3n) is 4.23. The molecule has 0 saturated carbocycles. The molecule has 0 aliphatic heterocycles. The Labute approximate surface area is 136 Å². The SMILES string of the molecule is Cc1cc(=Nc2ccc3c(c2)c(N)cc(C)[n+]3C)nc(N)n1C.[H+]. The molecule has 3 rings (SSSR count). The van der Waals surface area contributed by atoms with E-state index in [4.69, 9.17) is 11.5 Å². The van der Waals surface area contributed by atoms with Crippen molar-refractivity contribution in [3.63, 3.8) is 0 Å². The van der Waals surface area contributed by atoms with Gasteiger partial charge in [-0.05, 0) is 19.1 Å². The lowest BCUT2D eigenvalue weighted by Gasteiger charge is -2.07.